The average Bonchev–Trinajstić information content (AvgIpc) is 2.94. The van der Waals surface area contributed by atoms with Crippen LogP contribution < -0.4 is 0 Å². The van der Waals surface area contributed by atoms with Gasteiger partial charge in [-0.1, -0.05) is 23.7 Å². The van der Waals surface area contributed by atoms with Crippen molar-refractivity contribution in [1.82, 2.24) is 19.9 Å². The molecular formula is C18H23ClN4O2. The van der Waals surface area contributed by atoms with Crippen LogP contribution in [0.1, 0.15) is 32.1 Å². The number of carbonyl (C=O) groups is 1. The Morgan fingerprint density at radius 2 is 2.00 bits per heavy atom. The number of amides is 1. The van der Waals surface area contributed by atoms with Gasteiger partial charge in [-0.3, -0.25) is 9.69 Å². The maximum atomic E-state index is 12.1. The zero-order chi connectivity index (χ0) is 17.6. The third kappa shape index (κ3) is 4.80. The molecule has 2 aromatic rings. The first-order valence-electron chi connectivity index (χ1n) is 8.74. The van der Waals surface area contributed by atoms with Crippen molar-refractivity contribution in [3.63, 3.8) is 0 Å². The maximum Gasteiger partial charge on any atom is 0.241 e. The second kappa shape index (κ2) is 8.45. The quantitative estimate of drug-likeness (QED) is 0.817. The lowest BCUT2D eigenvalue weighted by atomic mass is 10.2. The number of hydrogen-bond acceptors (Lipinski definition) is 5. The van der Waals surface area contributed by atoms with Crippen LogP contribution in [0.3, 0.4) is 0 Å². The summed E-state index contributed by atoms with van der Waals surface area (Å²) < 4.78 is 5.39. The van der Waals surface area contributed by atoms with Gasteiger partial charge in [-0.25, -0.2) is 0 Å². The number of hydrogen-bond donors (Lipinski definition) is 0. The maximum absolute atomic E-state index is 12.1. The van der Waals surface area contributed by atoms with E-state index in [2.05, 4.69) is 15.0 Å². The van der Waals surface area contributed by atoms with Gasteiger partial charge in [0.2, 0.25) is 17.6 Å². The Kier molecular flexibility index (Phi) is 6.04. The minimum Gasteiger partial charge on any atom is -0.341 e. The molecule has 0 bridgehead atoms. The highest BCUT2D eigenvalue weighted by Crippen LogP contribution is 2.19. The number of halogens is 1. The Morgan fingerprint density at radius 1 is 1.20 bits per heavy atom. The second-order valence-electron chi connectivity index (χ2n) is 6.28. The van der Waals surface area contributed by atoms with Gasteiger partial charge < -0.3 is 9.42 Å². The smallest absolute Gasteiger partial charge is 0.241 e. The Hall–Kier alpha value is -1.92. The van der Waals surface area contributed by atoms with Crippen molar-refractivity contribution in [2.75, 3.05) is 26.2 Å². The van der Waals surface area contributed by atoms with Crippen molar-refractivity contribution < 1.29 is 9.32 Å². The predicted octanol–water partition coefficient (Wildman–Crippen LogP) is 3.22. The van der Waals surface area contributed by atoms with Gasteiger partial charge in [0, 0.05) is 43.2 Å². The molecule has 0 spiro atoms. The molecule has 2 heterocycles. The molecule has 1 aliphatic rings. The van der Waals surface area contributed by atoms with Crippen LogP contribution in [0.25, 0.3) is 11.4 Å². The Bertz CT molecular complexity index is 701. The van der Waals surface area contributed by atoms with E-state index in [1.807, 2.05) is 36.1 Å². The van der Waals surface area contributed by atoms with Crippen LogP contribution >= 0.6 is 11.6 Å². The van der Waals surface area contributed by atoms with Crippen molar-refractivity contribution in [2.45, 2.75) is 32.7 Å². The molecule has 0 radical (unpaired) electrons. The average molecular weight is 363 g/mol. The second-order valence-corrected chi connectivity index (χ2v) is 6.72. The van der Waals surface area contributed by atoms with Gasteiger partial charge in [-0.15, -0.1) is 0 Å². The zero-order valence-electron chi connectivity index (χ0n) is 14.4. The summed E-state index contributed by atoms with van der Waals surface area (Å²) in [7, 11) is 0. The number of carbonyl (C=O) groups excluding carboxylic acids is 1. The highest BCUT2D eigenvalue weighted by molar-refractivity contribution is 6.30. The summed E-state index contributed by atoms with van der Waals surface area (Å²) in [6, 6.07) is 7.37. The van der Waals surface area contributed by atoms with E-state index >= 15 is 0 Å². The van der Waals surface area contributed by atoms with Gasteiger partial charge in [0.25, 0.3) is 0 Å². The van der Waals surface area contributed by atoms with Crippen LogP contribution in [0.5, 0.6) is 0 Å². The van der Waals surface area contributed by atoms with Crippen LogP contribution in [0, 0.1) is 0 Å². The summed E-state index contributed by atoms with van der Waals surface area (Å²) in [5.74, 6) is 1.42. The third-order valence-electron chi connectivity index (χ3n) is 4.33. The van der Waals surface area contributed by atoms with E-state index in [-0.39, 0.29) is 5.91 Å². The number of nitrogens with zero attached hydrogens (tertiary/aromatic N) is 4. The molecule has 0 unspecified atom stereocenters. The molecule has 1 aromatic carbocycles. The van der Waals surface area contributed by atoms with Gasteiger partial charge in [-0.05, 0) is 37.1 Å². The van der Waals surface area contributed by atoms with E-state index in [0.29, 0.717) is 29.7 Å². The minimum absolute atomic E-state index is 0.257. The first kappa shape index (κ1) is 17.9. The standard InChI is InChI=1S/C18H23ClN4O2/c1-2-4-17(24)23-10-3-9-22(11-12-23)13-16-20-18(21-25-16)14-5-7-15(19)8-6-14/h5-8H,2-4,9-13H2,1H3. The molecule has 3 rings (SSSR count). The molecule has 134 valence electrons. The summed E-state index contributed by atoms with van der Waals surface area (Å²) in [6.07, 6.45) is 2.50. The van der Waals surface area contributed by atoms with E-state index in [4.69, 9.17) is 16.1 Å². The van der Waals surface area contributed by atoms with Crippen LogP contribution in [-0.4, -0.2) is 52.0 Å². The van der Waals surface area contributed by atoms with Gasteiger partial charge in [0.1, 0.15) is 0 Å². The van der Waals surface area contributed by atoms with Crippen molar-refractivity contribution in [2.24, 2.45) is 0 Å². The first-order valence-corrected chi connectivity index (χ1v) is 9.12. The Balaban J connectivity index is 1.58. The van der Waals surface area contributed by atoms with E-state index in [9.17, 15) is 4.79 Å². The molecule has 1 aromatic heterocycles. The normalized spacial score (nSPS) is 16.0. The molecule has 25 heavy (non-hydrogen) atoms. The molecule has 0 aliphatic carbocycles. The number of rotatable bonds is 5. The topological polar surface area (TPSA) is 62.5 Å². The lowest BCUT2D eigenvalue weighted by molar-refractivity contribution is -0.131. The minimum atomic E-state index is 0.257. The van der Waals surface area contributed by atoms with Crippen molar-refractivity contribution in [1.29, 1.82) is 0 Å². The van der Waals surface area contributed by atoms with Crippen LogP contribution in [0.4, 0.5) is 0 Å². The fourth-order valence-electron chi connectivity index (χ4n) is 2.98. The molecule has 1 aliphatic heterocycles. The molecule has 7 heteroatoms. The highest BCUT2D eigenvalue weighted by Gasteiger charge is 2.20. The molecule has 1 saturated heterocycles. The van der Waals surface area contributed by atoms with Crippen molar-refractivity contribution in [3.05, 3.63) is 35.2 Å². The SMILES string of the molecule is CCCC(=O)N1CCCN(Cc2nc(-c3ccc(Cl)cc3)no2)CC1. The fourth-order valence-corrected chi connectivity index (χ4v) is 3.10. The van der Waals surface area contributed by atoms with E-state index in [1.165, 1.54) is 0 Å². The molecule has 6 nitrogen and oxygen atoms in total. The van der Waals surface area contributed by atoms with Crippen LogP contribution in [-0.2, 0) is 11.3 Å². The summed E-state index contributed by atoms with van der Waals surface area (Å²) in [6.45, 7) is 5.99. The van der Waals surface area contributed by atoms with Crippen molar-refractivity contribution >= 4 is 17.5 Å². The fraction of sp³-hybridized carbons (Fsp3) is 0.500. The Labute approximate surface area is 152 Å². The van der Waals surface area contributed by atoms with Crippen molar-refractivity contribution in [3.8, 4) is 11.4 Å². The summed E-state index contributed by atoms with van der Waals surface area (Å²) >= 11 is 5.90. The third-order valence-corrected chi connectivity index (χ3v) is 4.59. The predicted molar refractivity (Wildman–Crippen MR) is 96.1 cm³/mol. The summed E-state index contributed by atoms with van der Waals surface area (Å²) in [4.78, 5) is 20.8. The lowest BCUT2D eigenvalue weighted by Gasteiger charge is -2.21. The number of aromatic nitrogens is 2. The largest absolute Gasteiger partial charge is 0.341 e. The summed E-state index contributed by atoms with van der Waals surface area (Å²) in [5.41, 5.74) is 0.881. The van der Waals surface area contributed by atoms with E-state index in [0.717, 1.165) is 44.6 Å². The first-order chi connectivity index (χ1) is 12.2. The van der Waals surface area contributed by atoms with Crippen LogP contribution in [0.2, 0.25) is 5.02 Å². The molecule has 0 atom stereocenters. The molecule has 1 fully saturated rings. The van der Waals surface area contributed by atoms with Gasteiger partial charge in [0.15, 0.2) is 0 Å². The van der Waals surface area contributed by atoms with Gasteiger partial charge in [-0.2, -0.15) is 4.98 Å². The van der Waals surface area contributed by atoms with E-state index in [1.54, 1.807) is 0 Å². The number of benzene rings is 1. The van der Waals surface area contributed by atoms with Gasteiger partial charge >= 0.3 is 0 Å². The molecule has 0 saturated carbocycles. The molecular weight excluding hydrogens is 340 g/mol. The Morgan fingerprint density at radius 3 is 2.76 bits per heavy atom. The zero-order valence-corrected chi connectivity index (χ0v) is 15.2. The molecule has 1 amide bonds. The van der Waals surface area contributed by atoms with E-state index < -0.39 is 0 Å². The molecule has 0 N–H and O–H groups in total. The highest BCUT2D eigenvalue weighted by atomic mass is 35.5. The monoisotopic (exact) mass is 362 g/mol. The van der Waals surface area contributed by atoms with Gasteiger partial charge in [0.05, 0.1) is 6.54 Å². The lowest BCUT2D eigenvalue weighted by Crippen LogP contribution is -2.34. The van der Waals surface area contributed by atoms with Crippen LogP contribution in [0.15, 0.2) is 28.8 Å². The summed E-state index contributed by atoms with van der Waals surface area (Å²) in [5, 5.41) is 4.73.